The molecule has 0 aliphatic rings. The first kappa shape index (κ1) is 26.8. The number of carboxylic acids is 1. The van der Waals surface area contributed by atoms with Gasteiger partial charge in [0.05, 0.1) is 6.42 Å². The number of carbonyl (C=O) groups is 1. The van der Waals surface area contributed by atoms with Gasteiger partial charge in [0.25, 0.3) is 0 Å². The number of aliphatic hydroxyl groups excluding tert-OH is 1. The summed E-state index contributed by atoms with van der Waals surface area (Å²) in [4.78, 5) is 11.4. The lowest BCUT2D eigenvalue weighted by Crippen LogP contribution is -2.37. The van der Waals surface area contributed by atoms with Gasteiger partial charge in [0.15, 0.2) is 5.11 Å². The van der Waals surface area contributed by atoms with Gasteiger partial charge in [0.1, 0.15) is 0 Å². The lowest BCUT2D eigenvalue weighted by molar-refractivity contribution is -0.138. The highest BCUT2D eigenvalue weighted by Crippen LogP contribution is 2.33. The molecule has 0 spiro atoms. The molecule has 2 atom stereocenters. The quantitative estimate of drug-likeness (QED) is 0.235. The van der Waals surface area contributed by atoms with Crippen molar-refractivity contribution in [2.45, 2.75) is 63.2 Å². The van der Waals surface area contributed by atoms with E-state index >= 15 is 0 Å². The first-order valence-electron chi connectivity index (χ1n) is 11.7. The third kappa shape index (κ3) is 8.78. The zero-order valence-electron chi connectivity index (χ0n) is 19.8. The first-order valence-corrected chi connectivity index (χ1v) is 12.2. The van der Waals surface area contributed by atoms with Crippen LogP contribution < -0.4 is 10.6 Å². The summed E-state index contributed by atoms with van der Waals surface area (Å²) in [5, 5.41) is 26.1. The fourth-order valence-electron chi connectivity index (χ4n) is 4.43. The molecule has 0 aliphatic carbocycles. The zero-order valence-corrected chi connectivity index (χ0v) is 20.7. The fourth-order valence-corrected chi connectivity index (χ4v) is 4.64. The summed E-state index contributed by atoms with van der Waals surface area (Å²) in [6, 6.07) is 20.2. The molecular formula is C27H38N2O3S. The lowest BCUT2D eigenvalue weighted by atomic mass is 9.76. The van der Waals surface area contributed by atoms with Gasteiger partial charge in [-0.1, -0.05) is 74.5 Å². The molecule has 0 radical (unpaired) electrons. The Balaban J connectivity index is 1.74. The monoisotopic (exact) mass is 470 g/mol. The average molecular weight is 471 g/mol. The van der Waals surface area contributed by atoms with Crippen molar-refractivity contribution in [3.63, 3.8) is 0 Å². The van der Waals surface area contributed by atoms with Crippen molar-refractivity contribution >= 4 is 23.3 Å². The minimum atomic E-state index is -0.782. The Labute approximate surface area is 203 Å². The summed E-state index contributed by atoms with van der Waals surface area (Å²) in [6.45, 7) is 5.85. The number of rotatable bonds is 14. The van der Waals surface area contributed by atoms with Crippen LogP contribution in [0.3, 0.4) is 0 Å². The number of benzene rings is 2. The molecule has 0 aliphatic heterocycles. The molecule has 4 N–H and O–H groups in total. The highest BCUT2D eigenvalue weighted by Gasteiger charge is 2.29. The third-order valence-electron chi connectivity index (χ3n) is 6.53. The highest BCUT2D eigenvalue weighted by atomic mass is 32.1. The van der Waals surface area contributed by atoms with Gasteiger partial charge in [0, 0.05) is 25.1 Å². The standard InChI is InChI=1S/C27H38N2O3S/c1-26(17-20-30,22-11-5-3-6-12-22)15-9-18-28-25(33)29-19-10-16-27(2,21-24(31)32)23-13-7-4-8-14-23/h3-8,11-14,30H,9-10,15-21H2,1-2H3,(H,31,32)(H2,28,29,33). The van der Waals surface area contributed by atoms with Crippen LogP contribution in [0.25, 0.3) is 0 Å². The molecular weight excluding hydrogens is 432 g/mol. The van der Waals surface area contributed by atoms with E-state index in [1.807, 2.05) is 55.5 Å². The summed E-state index contributed by atoms with van der Waals surface area (Å²) in [5.41, 5.74) is 1.84. The highest BCUT2D eigenvalue weighted by molar-refractivity contribution is 7.80. The predicted molar refractivity (Wildman–Crippen MR) is 139 cm³/mol. The molecule has 0 saturated heterocycles. The van der Waals surface area contributed by atoms with Gasteiger partial charge in [-0.3, -0.25) is 4.79 Å². The Bertz CT molecular complexity index is 862. The molecule has 2 aromatic rings. The Morgan fingerprint density at radius 1 is 0.818 bits per heavy atom. The van der Waals surface area contributed by atoms with Crippen LogP contribution in [0.2, 0.25) is 0 Å². The fraction of sp³-hybridized carbons (Fsp3) is 0.481. The van der Waals surface area contributed by atoms with Gasteiger partial charge >= 0.3 is 5.97 Å². The van der Waals surface area contributed by atoms with Gasteiger partial charge < -0.3 is 20.8 Å². The van der Waals surface area contributed by atoms with Crippen molar-refractivity contribution in [3.05, 3.63) is 71.8 Å². The van der Waals surface area contributed by atoms with Crippen molar-refractivity contribution in [2.24, 2.45) is 0 Å². The summed E-state index contributed by atoms with van der Waals surface area (Å²) in [5.74, 6) is -0.782. The molecule has 2 aromatic carbocycles. The lowest BCUT2D eigenvalue weighted by Gasteiger charge is -2.30. The molecule has 2 rings (SSSR count). The topological polar surface area (TPSA) is 81.6 Å². The van der Waals surface area contributed by atoms with Crippen molar-refractivity contribution in [1.29, 1.82) is 0 Å². The number of hydrogen-bond donors (Lipinski definition) is 4. The number of thiocarbonyl (C=S) groups is 1. The second-order valence-electron chi connectivity index (χ2n) is 9.29. The van der Waals surface area contributed by atoms with Crippen molar-refractivity contribution in [1.82, 2.24) is 10.6 Å². The summed E-state index contributed by atoms with van der Waals surface area (Å²) < 4.78 is 0. The molecule has 0 heterocycles. The van der Waals surface area contributed by atoms with Crippen LogP contribution in [0.15, 0.2) is 60.7 Å². The van der Waals surface area contributed by atoms with E-state index < -0.39 is 11.4 Å². The molecule has 6 heteroatoms. The minimum absolute atomic E-state index is 0.0568. The van der Waals surface area contributed by atoms with Crippen LogP contribution in [0, 0.1) is 0 Å². The number of nitrogens with one attached hydrogen (secondary N) is 2. The number of aliphatic hydroxyl groups is 1. The molecule has 0 saturated carbocycles. The van der Waals surface area contributed by atoms with Crippen LogP contribution in [0.5, 0.6) is 0 Å². The van der Waals surface area contributed by atoms with Gasteiger partial charge in [0.2, 0.25) is 0 Å². The Morgan fingerprint density at radius 2 is 1.27 bits per heavy atom. The zero-order chi connectivity index (χ0) is 24.2. The number of hydrogen-bond acceptors (Lipinski definition) is 3. The SMILES string of the molecule is CC(CCO)(CCCNC(=S)NCCCC(C)(CC(=O)O)c1ccccc1)c1ccccc1. The molecule has 0 bridgehead atoms. The van der Waals surface area contributed by atoms with Crippen LogP contribution in [-0.4, -0.2) is 41.0 Å². The van der Waals surface area contributed by atoms with E-state index in [0.29, 0.717) is 11.7 Å². The minimum Gasteiger partial charge on any atom is -0.481 e. The maximum absolute atomic E-state index is 11.4. The van der Waals surface area contributed by atoms with E-state index in [2.05, 4.69) is 29.7 Å². The molecule has 0 amide bonds. The Hall–Kier alpha value is -2.44. The van der Waals surface area contributed by atoms with E-state index in [-0.39, 0.29) is 18.4 Å². The first-order chi connectivity index (χ1) is 15.8. The van der Waals surface area contributed by atoms with Gasteiger partial charge in [-0.25, -0.2) is 0 Å². The van der Waals surface area contributed by atoms with E-state index in [1.54, 1.807) is 0 Å². The number of carboxylic acid groups (broad SMARTS) is 1. The molecule has 180 valence electrons. The molecule has 5 nitrogen and oxygen atoms in total. The third-order valence-corrected chi connectivity index (χ3v) is 6.82. The van der Waals surface area contributed by atoms with Crippen molar-refractivity contribution in [2.75, 3.05) is 19.7 Å². The van der Waals surface area contributed by atoms with Crippen LogP contribution >= 0.6 is 12.2 Å². The van der Waals surface area contributed by atoms with E-state index in [0.717, 1.165) is 44.2 Å². The molecule has 0 fully saturated rings. The molecule has 2 unspecified atom stereocenters. The average Bonchev–Trinajstić information content (AvgIpc) is 2.80. The Morgan fingerprint density at radius 3 is 1.73 bits per heavy atom. The maximum atomic E-state index is 11.4. The molecule has 0 aromatic heterocycles. The molecule has 33 heavy (non-hydrogen) atoms. The summed E-state index contributed by atoms with van der Waals surface area (Å²) in [6.07, 6.45) is 4.32. The van der Waals surface area contributed by atoms with Gasteiger partial charge in [-0.15, -0.1) is 0 Å². The largest absolute Gasteiger partial charge is 0.481 e. The smallest absolute Gasteiger partial charge is 0.304 e. The summed E-state index contributed by atoms with van der Waals surface area (Å²) in [7, 11) is 0. The van der Waals surface area contributed by atoms with Gasteiger partial charge in [-0.05, 0) is 60.9 Å². The van der Waals surface area contributed by atoms with E-state index in [9.17, 15) is 15.0 Å². The second kappa shape index (κ2) is 13.3. The van der Waals surface area contributed by atoms with Crippen LogP contribution in [-0.2, 0) is 15.6 Å². The second-order valence-corrected chi connectivity index (χ2v) is 9.70. The maximum Gasteiger partial charge on any atom is 0.304 e. The van der Waals surface area contributed by atoms with E-state index in [4.69, 9.17) is 12.2 Å². The number of aliphatic carboxylic acids is 1. The normalized spacial score (nSPS) is 14.6. The van der Waals surface area contributed by atoms with Crippen LogP contribution in [0.1, 0.15) is 63.5 Å². The van der Waals surface area contributed by atoms with Crippen LogP contribution in [0.4, 0.5) is 0 Å². The van der Waals surface area contributed by atoms with Crippen molar-refractivity contribution in [3.8, 4) is 0 Å². The predicted octanol–water partition coefficient (Wildman–Crippen LogP) is 4.78. The Kier molecular flexibility index (Phi) is 10.8. The van der Waals surface area contributed by atoms with E-state index in [1.165, 1.54) is 5.56 Å². The summed E-state index contributed by atoms with van der Waals surface area (Å²) >= 11 is 5.42. The van der Waals surface area contributed by atoms with Crippen molar-refractivity contribution < 1.29 is 15.0 Å². The van der Waals surface area contributed by atoms with Gasteiger partial charge in [-0.2, -0.15) is 0 Å².